The predicted molar refractivity (Wildman–Crippen MR) is 121 cm³/mol. The first-order chi connectivity index (χ1) is 15.0. The number of methoxy groups -OCH3 is 1. The second-order valence-corrected chi connectivity index (χ2v) is 8.13. The highest BCUT2D eigenvalue weighted by atomic mass is 16.5. The van der Waals surface area contributed by atoms with E-state index in [9.17, 15) is 9.59 Å². The molecule has 1 saturated heterocycles. The number of piperazine rings is 1. The first kappa shape index (κ1) is 21.0. The van der Waals surface area contributed by atoms with Crippen LogP contribution < -0.4 is 4.74 Å². The van der Waals surface area contributed by atoms with Gasteiger partial charge in [-0.05, 0) is 29.3 Å². The Hall–Kier alpha value is -3.28. The monoisotopic (exact) mass is 419 g/mol. The van der Waals surface area contributed by atoms with Crippen molar-refractivity contribution < 1.29 is 14.3 Å². The maximum Gasteiger partial charge on any atom is 0.223 e. The van der Waals surface area contributed by atoms with Gasteiger partial charge < -0.3 is 19.1 Å². The molecule has 0 N–H and O–H groups in total. The van der Waals surface area contributed by atoms with Gasteiger partial charge in [-0.2, -0.15) is 0 Å². The summed E-state index contributed by atoms with van der Waals surface area (Å²) in [4.78, 5) is 28.6. The molecule has 4 rings (SSSR count). The van der Waals surface area contributed by atoms with Crippen LogP contribution in [0.4, 0.5) is 0 Å². The SMILES string of the molecule is COc1ccc(C(CC(=O)N2CCN(C(C)=O)CC2)c2cn(C)c3ccccc23)cc1. The van der Waals surface area contributed by atoms with E-state index in [4.69, 9.17) is 4.74 Å². The van der Waals surface area contributed by atoms with E-state index in [1.54, 1.807) is 18.9 Å². The van der Waals surface area contributed by atoms with Crippen molar-refractivity contribution in [3.8, 4) is 5.75 Å². The molecule has 0 bridgehead atoms. The number of aromatic nitrogens is 1. The highest BCUT2D eigenvalue weighted by Crippen LogP contribution is 2.35. The fraction of sp³-hybridized carbons (Fsp3) is 0.360. The van der Waals surface area contributed by atoms with Crippen LogP contribution >= 0.6 is 0 Å². The normalized spacial score (nSPS) is 15.2. The highest BCUT2D eigenvalue weighted by molar-refractivity contribution is 5.86. The minimum Gasteiger partial charge on any atom is -0.497 e. The van der Waals surface area contributed by atoms with E-state index >= 15 is 0 Å². The molecular formula is C25H29N3O3. The maximum atomic E-state index is 13.3. The Morgan fingerprint density at radius 3 is 2.26 bits per heavy atom. The molecule has 6 nitrogen and oxygen atoms in total. The molecule has 31 heavy (non-hydrogen) atoms. The lowest BCUT2D eigenvalue weighted by molar-refractivity contribution is -0.138. The van der Waals surface area contributed by atoms with Crippen molar-refractivity contribution in [3.63, 3.8) is 0 Å². The summed E-state index contributed by atoms with van der Waals surface area (Å²) in [6.07, 6.45) is 2.53. The van der Waals surface area contributed by atoms with Gasteiger partial charge in [-0.3, -0.25) is 9.59 Å². The number of fused-ring (bicyclic) bond motifs is 1. The van der Waals surface area contributed by atoms with Crippen LogP contribution in [0.15, 0.2) is 54.7 Å². The third-order valence-electron chi connectivity index (χ3n) is 6.28. The zero-order valence-electron chi connectivity index (χ0n) is 18.4. The number of para-hydroxylation sites is 1. The molecule has 6 heteroatoms. The van der Waals surface area contributed by atoms with Gasteiger partial charge in [-0.15, -0.1) is 0 Å². The topological polar surface area (TPSA) is 54.8 Å². The van der Waals surface area contributed by atoms with E-state index in [0.29, 0.717) is 32.6 Å². The lowest BCUT2D eigenvalue weighted by Gasteiger charge is -2.35. The molecule has 0 saturated carbocycles. The molecule has 3 aromatic rings. The average Bonchev–Trinajstić information content (AvgIpc) is 3.14. The molecule has 1 aliphatic rings. The minimum absolute atomic E-state index is 0.0599. The zero-order valence-corrected chi connectivity index (χ0v) is 18.4. The van der Waals surface area contributed by atoms with Gasteiger partial charge in [0.05, 0.1) is 7.11 Å². The summed E-state index contributed by atoms with van der Waals surface area (Å²) in [5.41, 5.74) is 3.39. The Labute approximate surface area is 183 Å². The van der Waals surface area contributed by atoms with Gasteiger partial charge in [0.1, 0.15) is 5.75 Å². The first-order valence-corrected chi connectivity index (χ1v) is 10.7. The van der Waals surface area contributed by atoms with Crippen molar-refractivity contribution in [1.29, 1.82) is 0 Å². The van der Waals surface area contributed by atoms with Crippen molar-refractivity contribution in [2.45, 2.75) is 19.3 Å². The Morgan fingerprint density at radius 2 is 1.61 bits per heavy atom. The number of hydrogen-bond donors (Lipinski definition) is 0. The Balaban J connectivity index is 1.64. The van der Waals surface area contributed by atoms with E-state index in [1.807, 2.05) is 48.3 Å². The van der Waals surface area contributed by atoms with Gasteiger partial charge in [-0.25, -0.2) is 0 Å². The molecule has 162 valence electrons. The van der Waals surface area contributed by atoms with Crippen LogP contribution in [-0.4, -0.2) is 59.5 Å². The molecule has 1 fully saturated rings. The Morgan fingerprint density at radius 1 is 0.968 bits per heavy atom. The molecule has 1 aromatic heterocycles. The summed E-state index contributed by atoms with van der Waals surface area (Å²) < 4.78 is 7.45. The number of rotatable bonds is 5. The Kier molecular flexibility index (Phi) is 5.98. The van der Waals surface area contributed by atoms with Crippen LogP contribution in [0.1, 0.15) is 30.4 Å². The fourth-order valence-corrected chi connectivity index (χ4v) is 4.47. The van der Waals surface area contributed by atoms with Crippen LogP contribution in [0.3, 0.4) is 0 Å². The largest absolute Gasteiger partial charge is 0.497 e. The summed E-state index contributed by atoms with van der Waals surface area (Å²) in [5, 5.41) is 1.17. The van der Waals surface area contributed by atoms with Crippen molar-refractivity contribution in [2.75, 3.05) is 33.3 Å². The van der Waals surface area contributed by atoms with Gasteiger partial charge >= 0.3 is 0 Å². The second kappa shape index (κ2) is 8.84. The highest BCUT2D eigenvalue weighted by Gasteiger charge is 2.27. The lowest BCUT2D eigenvalue weighted by atomic mass is 9.87. The van der Waals surface area contributed by atoms with Crippen molar-refractivity contribution in [1.82, 2.24) is 14.4 Å². The van der Waals surface area contributed by atoms with Gasteiger partial charge in [-0.1, -0.05) is 30.3 Å². The number of carbonyl (C=O) groups is 2. The predicted octanol–water partition coefficient (Wildman–Crippen LogP) is 3.40. The number of hydrogen-bond acceptors (Lipinski definition) is 3. The van der Waals surface area contributed by atoms with Crippen LogP contribution in [0.2, 0.25) is 0 Å². The van der Waals surface area contributed by atoms with Crippen molar-refractivity contribution in [2.24, 2.45) is 7.05 Å². The standard InChI is InChI=1S/C25H29N3O3/c1-18(29)27-12-14-28(15-13-27)25(30)16-22(19-8-10-20(31-3)11-9-19)23-17-26(2)24-7-5-4-6-21(23)24/h4-11,17,22H,12-16H2,1-3H3. The smallest absolute Gasteiger partial charge is 0.223 e. The van der Waals surface area contributed by atoms with Gasteiger partial charge in [0.2, 0.25) is 11.8 Å². The van der Waals surface area contributed by atoms with Crippen LogP contribution in [0.25, 0.3) is 10.9 Å². The Bertz CT molecular complexity index is 1080. The van der Waals surface area contributed by atoms with E-state index in [-0.39, 0.29) is 17.7 Å². The van der Waals surface area contributed by atoms with E-state index < -0.39 is 0 Å². The molecular weight excluding hydrogens is 390 g/mol. The molecule has 1 unspecified atom stereocenters. The molecule has 1 atom stereocenters. The summed E-state index contributed by atoms with van der Waals surface area (Å²) in [6.45, 7) is 3.95. The third kappa shape index (κ3) is 4.29. The fourth-order valence-electron chi connectivity index (χ4n) is 4.47. The van der Waals surface area contributed by atoms with Crippen LogP contribution in [-0.2, 0) is 16.6 Å². The molecule has 0 radical (unpaired) electrons. The summed E-state index contributed by atoms with van der Waals surface area (Å²) in [6, 6.07) is 16.3. The summed E-state index contributed by atoms with van der Waals surface area (Å²) in [5.74, 6) is 0.929. The van der Waals surface area contributed by atoms with Gasteiger partial charge in [0.15, 0.2) is 0 Å². The number of benzene rings is 2. The van der Waals surface area contributed by atoms with E-state index in [2.05, 4.69) is 22.9 Å². The summed E-state index contributed by atoms with van der Waals surface area (Å²) in [7, 11) is 3.70. The number of amides is 2. The third-order valence-corrected chi connectivity index (χ3v) is 6.28. The number of carbonyl (C=O) groups excluding carboxylic acids is 2. The second-order valence-electron chi connectivity index (χ2n) is 8.13. The number of aryl methyl sites for hydroxylation is 1. The molecule has 0 spiro atoms. The van der Waals surface area contributed by atoms with Crippen LogP contribution in [0.5, 0.6) is 5.75 Å². The number of ether oxygens (including phenoxy) is 1. The molecule has 2 amide bonds. The average molecular weight is 420 g/mol. The maximum absolute atomic E-state index is 13.3. The van der Waals surface area contributed by atoms with Crippen molar-refractivity contribution >= 4 is 22.7 Å². The quantitative estimate of drug-likeness (QED) is 0.637. The van der Waals surface area contributed by atoms with Crippen LogP contribution in [0, 0.1) is 0 Å². The van der Waals surface area contributed by atoms with Gasteiger partial charge in [0.25, 0.3) is 0 Å². The van der Waals surface area contributed by atoms with E-state index in [0.717, 1.165) is 22.4 Å². The molecule has 2 aromatic carbocycles. The molecule has 2 heterocycles. The van der Waals surface area contributed by atoms with E-state index in [1.165, 1.54) is 5.39 Å². The number of nitrogens with zero attached hydrogens (tertiary/aromatic N) is 3. The lowest BCUT2D eigenvalue weighted by Crippen LogP contribution is -2.50. The molecule has 0 aliphatic carbocycles. The van der Waals surface area contributed by atoms with Gasteiger partial charge in [0, 0.05) is 69.6 Å². The molecule has 1 aliphatic heterocycles. The minimum atomic E-state index is -0.0599. The zero-order chi connectivity index (χ0) is 22.0. The van der Waals surface area contributed by atoms with Crippen molar-refractivity contribution in [3.05, 3.63) is 65.9 Å². The first-order valence-electron chi connectivity index (χ1n) is 10.7. The summed E-state index contributed by atoms with van der Waals surface area (Å²) >= 11 is 0.